The van der Waals surface area contributed by atoms with E-state index in [1.54, 1.807) is 27.7 Å². The van der Waals surface area contributed by atoms with Gasteiger partial charge in [0.05, 0.1) is 12.5 Å². The van der Waals surface area contributed by atoms with E-state index in [2.05, 4.69) is 39.7 Å². The Labute approximate surface area is 296 Å². The van der Waals surface area contributed by atoms with Gasteiger partial charge in [-0.25, -0.2) is 0 Å². The van der Waals surface area contributed by atoms with Crippen LogP contribution >= 0.6 is 0 Å². The third-order valence-electron chi connectivity index (χ3n) is 7.99. The molecule has 1 rings (SSSR count). The summed E-state index contributed by atoms with van der Waals surface area (Å²) in [5.74, 6) is -9.55. The minimum atomic E-state index is -1.53. The topological polar surface area (TPSA) is 284 Å². The standard InChI is InChI=1S/C33H51N7O11/c1-7-10-20(27(45)32(50)35-14-8-2)36-30(48)22-11-9-15-40(22)33(51)26(18(5)6)39-31(49)25(17(3)4)38-29(47)21(12-13-23(41)42)37-28(46)19(34)16-24(43)44/h7-8,17-22,25-26H,1-2,9-16,34H2,3-6H3,(H,35,50)(H,36,48)(H,37,46)(H,38,47)(H,39,49)(H,41,42)(H,43,44)/t19-,20?,21-,22-,25-,26-/m0/s1. The minimum Gasteiger partial charge on any atom is -0.481 e. The van der Waals surface area contributed by atoms with Crippen LogP contribution in [-0.2, 0) is 43.2 Å². The third-order valence-corrected chi connectivity index (χ3v) is 7.99. The summed E-state index contributed by atoms with van der Waals surface area (Å²) in [6, 6.07) is -7.71. The van der Waals surface area contributed by atoms with Gasteiger partial charge >= 0.3 is 11.9 Å². The van der Waals surface area contributed by atoms with Crippen LogP contribution in [0.25, 0.3) is 0 Å². The van der Waals surface area contributed by atoms with Crippen molar-refractivity contribution >= 4 is 53.2 Å². The molecule has 0 bridgehead atoms. The lowest BCUT2D eigenvalue weighted by Crippen LogP contribution is -2.61. The number of likely N-dealkylation sites (tertiary alicyclic amines) is 1. The van der Waals surface area contributed by atoms with Gasteiger partial charge in [0.1, 0.15) is 30.2 Å². The first kappa shape index (κ1) is 43.9. The van der Waals surface area contributed by atoms with E-state index >= 15 is 0 Å². The number of nitrogens with zero attached hydrogens (tertiary/aromatic N) is 1. The number of nitrogens with two attached hydrogens (primary N) is 1. The Balaban J connectivity index is 3.17. The van der Waals surface area contributed by atoms with Crippen LogP contribution < -0.4 is 32.3 Å². The molecule has 1 aliphatic heterocycles. The van der Waals surface area contributed by atoms with Crippen LogP contribution in [0.4, 0.5) is 0 Å². The summed E-state index contributed by atoms with van der Waals surface area (Å²) in [4.78, 5) is 115. The van der Waals surface area contributed by atoms with Gasteiger partial charge in [-0.2, -0.15) is 0 Å². The summed E-state index contributed by atoms with van der Waals surface area (Å²) in [5, 5.41) is 30.4. The number of carboxylic acid groups (broad SMARTS) is 2. The molecule has 0 aromatic rings. The van der Waals surface area contributed by atoms with E-state index in [1.165, 1.54) is 17.1 Å². The van der Waals surface area contributed by atoms with E-state index in [0.29, 0.717) is 6.42 Å². The van der Waals surface area contributed by atoms with Crippen molar-refractivity contribution in [1.29, 1.82) is 0 Å². The lowest BCUT2D eigenvalue weighted by atomic mass is 9.98. The van der Waals surface area contributed by atoms with Crippen molar-refractivity contribution < 1.29 is 53.4 Å². The molecule has 6 amide bonds. The molecular weight excluding hydrogens is 670 g/mol. The second-order valence-corrected chi connectivity index (χ2v) is 12.8. The van der Waals surface area contributed by atoms with E-state index in [-0.39, 0.29) is 25.9 Å². The Morgan fingerprint density at radius 2 is 1.41 bits per heavy atom. The highest BCUT2D eigenvalue weighted by Crippen LogP contribution is 2.21. The fourth-order valence-corrected chi connectivity index (χ4v) is 5.20. The average Bonchev–Trinajstić information content (AvgIpc) is 3.55. The smallest absolute Gasteiger partial charge is 0.305 e. The zero-order chi connectivity index (χ0) is 39.0. The van der Waals surface area contributed by atoms with Crippen LogP contribution in [0, 0.1) is 11.8 Å². The first-order valence-corrected chi connectivity index (χ1v) is 16.6. The molecule has 6 atom stereocenters. The lowest BCUT2D eigenvalue weighted by molar-refractivity contribution is -0.144. The normalized spacial score (nSPS) is 16.8. The highest BCUT2D eigenvalue weighted by Gasteiger charge is 2.41. The number of amides is 6. The Morgan fingerprint density at radius 3 is 1.94 bits per heavy atom. The molecule has 9 N–H and O–H groups in total. The minimum absolute atomic E-state index is 0.0407. The molecule has 18 heteroatoms. The van der Waals surface area contributed by atoms with Crippen molar-refractivity contribution in [3.63, 3.8) is 0 Å². The highest BCUT2D eigenvalue weighted by molar-refractivity contribution is 6.38. The maximum Gasteiger partial charge on any atom is 0.305 e. The molecule has 0 radical (unpaired) electrons. The molecular formula is C33H51N7O11. The summed E-state index contributed by atoms with van der Waals surface area (Å²) in [6.45, 7) is 13.8. The molecule has 1 unspecified atom stereocenters. The molecule has 1 heterocycles. The zero-order valence-electron chi connectivity index (χ0n) is 29.4. The van der Waals surface area contributed by atoms with E-state index in [1.807, 2.05) is 0 Å². The van der Waals surface area contributed by atoms with Crippen LogP contribution in [0.1, 0.15) is 66.2 Å². The monoisotopic (exact) mass is 721 g/mol. The summed E-state index contributed by atoms with van der Waals surface area (Å²) < 4.78 is 0. The molecule has 0 aromatic carbocycles. The predicted molar refractivity (Wildman–Crippen MR) is 182 cm³/mol. The van der Waals surface area contributed by atoms with Crippen molar-refractivity contribution in [2.24, 2.45) is 17.6 Å². The molecule has 0 spiro atoms. The van der Waals surface area contributed by atoms with Crippen molar-refractivity contribution in [3.05, 3.63) is 25.3 Å². The lowest BCUT2D eigenvalue weighted by Gasteiger charge is -2.33. The van der Waals surface area contributed by atoms with Gasteiger partial charge in [0.15, 0.2) is 0 Å². The predicted octanol–water partition coefficient (Wildman–Crippen LogP) is -1.66. The van der Waals surface area contributed by atoms with Gasteiger partial charge < -0.3 is 47.4 Å². The Kier molecular flexibility index (Phi) is 18.2. The molecule has 1 saturated heterocycles. The third kappa shape index (κ3) is 14.0. The van der Waals surface area contributed by atoms with Gasteiger partial charge in [-0.15, -0.1) is 13.2 Å². The molecule has 1 aliphatic rings. The Bertz CT molecular complexity index is 1350. The summed E-state index contributed by atoms with van der Waals surface area (Å²) in [5.41, 5.74) is 5.59. The number of hydrogen-bond donors (Lipinski definition) is 8. The summed E-state index contributed by atoms with van der Waals surface area (Å²) in [6.07, 6.45) is 1.69. The number of carbonyl (C=O) groups is 9. The zero-order valence-corrected chi connectivity index (χ0v) is 29.4. The second kappa shape index (κ2) is 21.2. The molecule has 0 aromatic heterocycles. The highest BCUT2D eigenvalue weighted by atomic mass is 16.4. The van der Waals surface area contributed by atoms with Crippen molar-refractivity contribution in [2.45, 2.75) is 102 Å². The number of carbonyl (C=O) groups excluding carboxylic acids is 7. The number of carboxylic acids is 2. The summed E-state index contributed by atoms with van der Waals surface area (Å²) >= 11 is 0. The fourth-order valence-electron chi connectivity index (χ4n) is 5.20. The molecule has 0 saturated carbocycles. The number of aliphatic carboxylic acids is 2. The van der Waals surface area contributed by atoms with Gasteiger partial charge in [0.2, 0.25) is 35.3 Å². The van der Waals surface area contributed by atoms with Crippen LogP contribution in [0.5, 0.6) is 0 Å². The first-order chi connectivity index (χ1) is 23.9. The quantitative estimate of drug-likeness (QED) is 0.0461. The Morgan fingerprint density at radius 1 is 0.804 bits per heavy atom. The Hall–Kier alpha value is -5.13. The first-order valence-electron chi connectivity index (χ1n) is 16.6. The largest absolute Gasteiger partial charge is 0.481 e. The van der Waals surface area contributed by atoms with Gasteiger partial charge in [0, 0.05) is 19.5 Å². The van der Waals surface area contributed by atoms with Crippen LogP contribution in [0.15, 0.2) is 25.3 Å². The van der Waals surface area contributed by atoms with Gasteiger partial charge in [-0.1, -0.05) is 39.8 Å². The van der Waals surface area contributed by atoms with E-state index in [9.17, 15) is 43.2 Å². The van der Waals surface area contributed by atoms with E-state index < -0.39 is 121 Å². The van der Waals surface area contributed by atoms with Gasteiger partial charge in [0.25, 0.3) is 5.91 Å². The number of Topliss-reactive ketones (excluding diaryl/α,β-unsaturated/α-hetero) is 1. The van der Waals surface area contributed by atoms with E-state index in [0.717, 1.165) is 0 Å². The SMILES string of the molecule is C=CCNC(=O)C(=O)C(CC=C)NC(=O)[C@@H]1CCCN1C(=O)[C@@H](NC(=O)[C@@H](NC(=O)[C@H](CCC(=O)O)NC(=O)[C@@H](N)CC(=O)O)C(C)C)C(C)C. The van der Waals surface area contributed by atoms with Crippen molar-refractivity contribution in [3.8, 4) is 0 Å². The van der Waals surface area contributed by atoms with E-state index in [4.69, 9.17) is 15.9 Å². The van der Waals surface area contributed by atoms with Gasteiger partial charge in [-0.05, 0) is 37.5 Å². The number of ketones is 1. The van der Waals surface area contributed by atoms with Crippen molar-refractivity contribution in [2.75, 3.05) is 13.1 Å². The molecule has 1 fully saturated rings. The van der Waals surface area contributed by atoms with Crippen LogP contribution in [0.2, 0.25) is 0 Å². The number of rotatable bonds is 22. The second-order valence-electron chi connectivity index (χ2n) is 12.8. The fraction of sp³-hybridized carbons (Fsp3) is 0.606. The average molecular weight is 722 g/mol. The molecule has 18 nitrogen and oxygen atoms in total. The van der Waals surface area contributed by atoms with Crippen LogP contribution in [-0.4, -0.2) is 118 Å². The van der Waals surface area contributed by atoms with Gasteiger partial charge in [-0.3, -0.25) is 43.2 Å². The number of hydrogen-bond acceptors (Lipinski definition) is 10. The van der Waals surface area contributed by atoms with Crippen molar-refractivity contribution in [1.82, 2.24) is 31.5 Å². The summed E-state index contributed by atoms with van der Waals surface area (Å²) in [7, 11) is 0. The molecule has 0 aliphatic carbocycles. The maximum absolute atomic E-state index is 13.9. The molecule has 51 heavy (non-hydrogen) atoms. The number of nitrogens with one attached hydrogen (secondary N) is 5. The molecule has 284 valence electrons. The van der Waals surface area contributed by atoms with Crippen LogP contribution in [0.3, 0.4) is 0 Å². The maximum atomic E-state index is 13.9.